The van der Waals surface area contributed by atoms with Crippen LogP contribution in [0.2, 0.25) is 0 Å². The van der Waals surface area contributed by atoms with E-state index >= 15 is 0 Å². The molecule has 0 aliphatic rings. The van der Waals surface area contributed by atoms with Gasteiger partial charge in [-0.2, -0.15) is 0 Å². The molecule has 0 heterocycles. The average Bonchev–Trinajstić information content (AvgIpc) is 2.36. The maximum absolute atomic E-state index is 12.4. The highest BCUT2D eigenvalue weighted by atomic mass is 79.9. The van der Waals surface area contributed by atoms with Crippen molar-refractivity contribution in [2.45, 2.75) is 6.92 Å². The number of rotatable bonds is 6. The van der Waals surface area contributed by atoms with E-state index in [1.807, 2.05) is 6.07 Å². The first-order chi connectivity index (χ1) is 9.47. The summed E-state index contributed by atoms with van der Waals surface area (Å²) in [5, 5.41) is 0. The molecule has 1 aromatic carbocycles. The minimum absolute atomic E-state index is 0.0944. The molecule has 4 nitrogen and oxygen atoms in total. The van der Waals surface area contributed by atoms with Gasteiger partial charge in [-0.1, -0.05) is 37.9 Å². The molecule has 0 unspecified atom stereocenters. The van der Waals surface area contributed by atoms with E-state index in [0.29, 0.717) is 5.56 Å². The van der Waals surface area contributed by atoms with Crippen molar-refractivity contribution < 1.29 is 14.3 Å². The van der Waals surface area contributed by atoms with Gasteiger partial charge in [0.05, 0.1) is 6.61 Å². The van der Waals surface area contributed by atoms with Crippen molar-refractivity contribution in [2.24, 2.45) is 0 Å². The summed E-state index contributed by atoms with van der Waals surface area (Å²) in [6.45, 7) is 5.80. The van der Waals surface area contributed by atoms with Gasteiger partial charge in [0.2, 0.25) is 0 Å². The maximum Gasteiger partial charge on any atom is 0.325 e. The zero-order chi connectivity index (χ0) is 15.1. The van der Waals surface area contributed by atoms with E-state index in [1.54, 1.807) is 25.1 Å². The summed E-state index contributed by atoms with van der Waals surface area (Å²) in [6.07, 6.45) is 1.57. The second kappa shape index (κ2) is 8.21. The smallest absolute Gasteiger partial charge is 0.325 e. The zero-order valence-electron chi connectivity index (χ0n) is 11.1. The third-order valence-corrected chi connectivity index (χ3v) is 3.29. The number of ether oxygens (including phenoxy) is 1. The number of carbonyl (C=O) groups is 2. The van der Waals surface area contributed by atoms with Crippen LogP contribution in [0, 0.1) is 0 Å². The third kappa shape index (κ3) is 5.09. The lowest BCUT2D eigenvalue weighted by Gasteiger charge is -2.20. The standard InChI is InChI=1S/C14H15Br2NO3/c1-3-5-17(9-13(18)20-4-2)14(19)10-6-11(15)8-12(16)7-10/h3,6-8H,1,4-5,9H2,2H3. The molecular formula is C14H15Br2NO3. The van der Waals surface area contributed by atoms with E-state index in [4.69, 9.17) is 4.74 Å². The van der Waals surface area contributed by atoms with Crippen LogP contribution in [-0.2, 0) is 9.53 Å². The first-order valence-electron chi connectivity index (χ1n) is 5.99. The minimum atomic E-state index is -0.434. The molecule has 0 radical (unpaired) electrons. The van der Waals surface area contributed by atoms with E-state index < -0.39 is 5.97 Å². The fourth-order valence-electron chi connectivity index (χ4n) is 1.60. The van der Waals surface area contributed by atoms with Gasteiger partial charge < -0.3 is 9.64 Å². The largest absolute Gasteiger partial charge is 0.465 e. The SMILES string of the molecule is C=CCN(CC(=O)OCC)C(=O)c1cc(Br)cc(Br)c1. The molecule has 0 saturated heterocycles. The van der Waals surface area contributed by atoms with Crippen molar-refractivity contribution in [3.8, 4) is 0 Å². The first-order valence-corrected chi connectivity index (χ1v) is 7.58. The first kappa shape index (κ1) is 16.9. The fraction of sp³-hybridized carbons (Fsp3) is 0.286. The van der Waals surface area contributed by atoms with Crippen molar-refractivity contribution in [2.75, 3.05) is 19.7 Å². The molecule has 20 heavy (non-hydrogen) atoms. The quantitative estimate of drug-likeness (QED) is 0.539. The monoisotopic (exact) mass is 403 g/mol. The zero-order valence-corrected chi connectivity index (χ0v) is 14.2. The van der Waals surface area contributed by atoms with Gasteiger partial charge in [-0.05, 0) is 25.1 Å². The normalized spacial score (nSPS) is 9.95. The highest BCUT2D eigenvalue weighted by Gasteiger charge is 2.19. The van der Waals surface area contributed by atoms with Gasteiger partial charge in [-0.25, -0.2) is 0 Å². The number of halogens is 2. The Labute approximate surface area is 135 Å². The number of carbonyl (C=O) groups excluding carboxylic acids is 2. The van der Waals surface area contributed by atoms with Crippen LogP contribution in [0.3, 0.4) is 0 Å². The predicted molar refractivity (Wildman–Crippen MR) is 84.6 cm³/mol. The Morgan fingerprint density at radius 1 is 1.30 bits per heavy atom. The van der Waals surface area contributed by atoms with Crippen molar-refractivity contribution >= 4 is 43.7 Å². The lowest BCUT2D eigenvalue weighted by molar-refractivity contribution is -0.143. The van der Waals surface area contributed by atoms with Crippen LogP contribution in [0.5, 0.6) is 0 Å². The summed E-state index contributed by atoms with van der Waals surface area (Å²) < 4.78 is 6.43. The fourth-order valence-corrected chi connectivity index (χ4v) is 2.89. The summed E-state index contributed by atoms with van der Waals surface area (Å²) in [5.74, 6) is -0.684. The number of esters is 1. The topological polar surface area (TPSA) is 46.6 Å². The van der Waals surface area contributed by atoms with Crippen molar-refractivity contribution in [1.82, 2.24) is 4.90 Å². The molecular weight excluding hydrogens is 390 g/mol. The number of nitrogens with zero attached hydrogens (tertiary/aromatic N) is 1. The molecule has 0 N–H and O–H groups in total. The Balaban J connectivity index is 2.92. The molecule has 0 aliphatic heterocycles. The van der Waals surface area contributed by atoms with E-state index in [2.05, 4.69) is 38.4 Å². The van der Waals surface area contributed by atoms with Crippen LogP contribution in [0.15, 0.2) is 39.8 Å². The molecule has 0 aliphatic carbocycles. The van der Waals surface area contributed by atoms with Crippen LogP contribution in [0.1, 0.15) is 17.3 Å². The number of hydrogen-bond donors (Lipinski definition) is 0. The highest BCUT2D eigenvalue weighted by Crippen LogP contribution is 2.21. The van der Waals surface area contributed by atoms with E-state index in [1.165, 1.54) is 4.90 Å². The molecule has 0 atom stereocenters. The molecule has 0 saturated carbocycles. The minimum Gasteiger partial charge on any atom is -0.465 e. The van der Waals surface area contributed by atoms with Crippen molar-refractivity contribution in [3.63, 3.8) is 0 Å². The third-order valence-electron chi connectivity index (χ3n) is 2.37. The molecule has 108 valence electrons. The Hall–Kier alpha value is -1.14. The van der Waals surface area contributed by atoms with E-state index in [0.717, 1.165) is 8.95 Å². The van der Waals surface area contributed by atoms with Gasteiger partial charge in [-0.15, -0.1) is 6.58 Å². The lowest BCUT2D eigenvalue weighted by Crippen LogP contribution is -2.36. The average molecular weight is 405 g/mol. The molecule has 0 aromatic heterocycles. The highest BCUT2D eigenvalue weighted by molar-refractivity contribution is 9.11. The molecule has 1 aromatic rings. The lowest BCUT2D eigenvalue weighted by atomic mass is 10.2. The molecule has 1 amide bonds. The molecule has 0 fully saturated rings. The molecule has 0 spiro atoms. The molecule has 6 heteroatoms. The van der Waals surface area contributed by atoms with Crippen LogP contribution in [0.4, 0.5) is 0 Å². The number of amides is 1. The number of benzene rings is 1. The summed E-state index contributed by atoms with van der Waals surface area (Å²) in [4.78, 5) is 25.3. The molecule has 0 bridgehead atoms. The Morgan fingerprint density at radius 2 is 1.90 bits per heavy atom. The summed E-state index contributed by atoms with van der Waals surface area (Å²) in [7, 11) is 0. The van der Waals surface area contributed by atoms with E-state index in [9.17, 15) is 9.59 Å². The molecule has 1 rings (SSSR count). The van der Waals surface area contributed by atoms with E-state index in [-0.39, 0.29) is 25.6 Å². The van der Waals surface area contributed by atoms with Crippen LogP contribution in [0.25, 0.3) is 0 Å². The van der Waals surface area contributed by atoms with Crippen LogP contribution < -0.4 is 0 Å². The Morgan fingerprint density at radius 3 is 2.40 bits per heavy atom. The van der Waals surface area contributed by atoms with Gasteiger partial charge in [0.25, 0.3) is 5.91 Å². The number of hydrogen-bond acceptors (Lipinski definition) is 3. The van der Waals surface area contributed by atoms with Gasteiger partial charge in [0.1, 0.15) is 6.54 Å². The maximum atomic E-state index is 12.4. The summed E-state index contributed by atoms with van der Waals surface area (Å²) in [6, 6.07) is 5.24. The second-order valence-corrected chi connectivity index (χ2v) is 5.77. The van der Waals surface area contributed by atoms with Gasteiger partial charge in [0, 0.05) is 21.1 Å². The van der Waals surface area contributed by atoms with Crippen LogP contribution in [-0.4, -0.2) is 36.5 Å². The van der Waals surface area contributed by atoms with Gasteiger partial charge >= 0.3 is 5.97 Å². The van der Waals surface area contributed by atoms with Crippen LogP contribution >= 0.6 is 31.9 Å². The summed E-state index contributed by atoms with van der Waals surface area (Å²) >= 11 is 6.67. The van der Waals surface area contributed by atoms with Gasteiger partial charge in [-0.3, -0.25) is 9.59 Å². The Bertz CT molecular complexity index is 497. The Kier molecular flexibility index (Phi) is 6.95. The predicted octanol–water partition coefficient (Wildman–Crippen LogP) is 3.40. The van der Waals surface area contributed by atoms with Crippen molar-refractivity contribution in [1.29, 1.82) is 0 Å². The van der Waals surface area contributed by atoms with Gasteiger partial charge in [0.15, 0.2) is 0 Å². The van der Waals surface area contributed by atoms with Crippen molar-refractivity contribution in [3.05, 3.63) is 45.4 Å². The summed E-state index contributed by atoms with van der Waals surface area (Å²) in [5.41, 5.74) is 0.484. The second-order valence-electron chi connectivity index (χ2n) is 3.94.